The van der Waals surface area contributed by atoms with E-state index in [2.05, 4.69) is 25.3 Å². The smallest absolute Gasteiger partial charge is 0.262 e. The van der Waals surface area contributed by atoms with E-state index in [-0.39, 0.29) is 18.1 Å². The number of nitrogen functional groups attached to an aromatic ring is 1. The third-order valence-corrected chi connectivity index (χ3v) is 6.29. The van der Waals surface area contributed by atoms with Gasteiger partial charge in [0.15, 0.2) is 5.82 Å². The molecule has 3 N–H and O–H groups in total. The molecular formula is C20H19N7OS. The van der Waals surface area contributed by atoms with Crippen LogP contribution in [0.25, 0.3) is 10.2 Å². The molecule has 1 aromatic carbocycles. The molecule has 1 aliphatic carbocycles. The molecule has 0 spiro atoms. The summed E-state index contributed by atoms with van der Waals surface area (Å²) in [4.78, 5) is 32.5. The fourth-order valence-corrected chi connectivity index (χ4v) is 4.90. The number of nitrogens with one attached hydrogen (secondary N) is 1. The number of hydrogen-bond acceptors (Lipinski definition) is 8. The third kappa shape index (κ3) is 3.23. The Kier molecular flexibility index (Phi) is 4.24. The predicted molar refractivity (Wildman–Crippen MR) is 114 cm³/mol. The van der Waals surface area contributed by atoms with Crippen molar-refractivity contribution in [2.75, 3.05) is 11.1 Å². The average molecular weight is 405 g/mol. The van der Waals surface area contributed by atoms with Crippen molar-refractivity contribution in [3.63, 3.8) is 0 Å². The lowest BCUT2D eigenvalue weighted by Crippen LogP contribution is -2.23. The molecule has 0 fully saturated rings. The summed E-state index contributed by atoms with van der Waals surface area (Å²) >= 11 is 1.63. The summed E-state index contributed by atoms with van der Waals surface area (Å²) in [6, 6.07) is 7.83. The van der Waals surface area contributed by atoms with Gasteiger partial charge in [-0.2, -0.15) is 15.0 Å². The van der Waals surface area contributed by atoms with Crippen LogP contribution < -0.4 is 16.6 Å². The lowest BCUT2D eigenvalue weighted by Gasteiger charge is -2.10. The van der Waals surface area contributed by atoms with Crippen molar-refractivity contribution in [1.29, 1.82) is 0 Å². The van der Waals surface area contributed by atoms with Crippen LogP contribution in [0.15, 0.2) is 35.4 Å². The number of fused-ring (bicyclic) bond motifs is 3. The van der Waals surface area contributed by atoms with Crippen molar-refractivity contribution in [1.82, 2.24) is 24.5 Å². The van der Waals surface area contributed by atoms with E-state index in [1.54, 1.807) is 22.2 Å². The molecule has 0 unspecified atom stereocenters. The van der Waals surface area contributed by atoms with Gasteiger partial charge in [0.2, 0.25) is 11.9 Å². The second-order valence-electron chi connectivity index (χ2n) is 7.09. The van der Waals surface area contributed by atoms with Crippen molar-refractivity contribution in [2.24, 2.45) is 0 Å². The molecule has 1 aliphatic rings. The number of anilines is 3. The molecule has 0 atom stereocenters. The van der Waals surface area contributed by atoms with E-state index >= 15 is 0 Å². The first-order valence-electron chi connectivity index (χ1n) is 9.41. The summed E-state index contributed by atoms with van der Waals surface area (Å²) in [7, 11) is 0. The van der Waals surface area contributed by atoms with Crippen LogP contribution >= 0.6 is 11.3 Å². The topological polar surface area (TPSA) is 112 Å². The molecule has 146 valence electrons. The van der Waals surface area contributed by atoms with Gasteiger partial charge < -0.3 is 11.1 Å². The second-order valence-corrected chi connectivity index (χ2v) is 8.17. The maximum absolute atomic E-state index is 13.1. The molecular weight excluding hydrogens is 386 g/mol. The number of benzene rings is 1. The Morgan fingerprint density at radius 1 is 1.21 bits per heavy atom. The standard InChI is InChI=1S/C20H19N7OS/c1-11-5-2-3-7-13(11)23-20-25-15(24-19(21)26-20)9-27-10-22-17-16(18(27)28)12-6-4-8-14(12)29-17/h2-3,5,7,10H,4,6,8-9H2,1H3,(H3,21,23,24,25,26). The number of para-hydroxylation sites is 1. The Bertz CT molecular complexity index is 1290. The molecule has 0 aliphatic heterocycles. The summed E-state index contributed by atoms with van der Waals surface area (Å²) < 4.78 is 1.54. The summed E-state index contributed by atoms with van der Waals surface area (Å²) in [6.07, 6.45) is 4.64. The lowest BCUT2D eigenvalue weighted by atomic mass is 10.2. The molecule has 29 heavy (non-hydrogen) atoms. The van der Waals surface area contributed by atoms with Crippen LogP contribution in [0.5, 0.6) is 0 Å². The van der Waals surface area contributed by atoms with Crippen molar-refractivity contribution < 1.29 is 0 Å². The maximum Gasteiger partial charge on any atom is 0.262 e. The van der Waals surface area contributed by atoms with E-state index in [9.17, 15) is 4.79 Å². The largest absolute Gasteiger partial charge is 0.368 e. The van der Waals surface area contributed by atoms with Gasteiger partial charge in [-0.15, -0.1) is 11.3 Å². The highest BCUT2D eigenvalue weighted by molar-refractivity contribution is 7.18. The van der Waals surface area contributed by atoms with Crippen molar-refractivity contribution in [3.8, 4) is 0 Å². The predicted octanol–water partition coefficient (Wildman–Crippen LogP) is 2.81. The Balaban J connectivity index is 1.49. The number of hydrogen-bond donors (Lipinski definition) is 2. The minimum Gasteiger partial charge on any atom is -0.368 e. The van der Waals surface area contributed by atoms with Gasteiger partial charge in [-0.3, -0.25) is 9.36 Å². The number of thiophene rings is 1. The molecule has 3 heterocycles. The number of nitrogens with two attached hydrogens (primary N) is 1. The van der Waals surface area contributed by atoms with E-state index in [1.165, 1.54) is 4.88 Å². The van der Waals surface area contributed by atoms with Crippen LogP contribution in [-0.2, 0) is 19.4 Å². The van der Waals surface area contributed by atoms with Crippen LogP contribution in [-0.4, -0.2) is 24.5 Å². The normalized spacial score (nSPS) is 13.0. The second kappa shape index (κ2) is 6.93. The van der Waals surface area contributed by atoms with Crippen LogP contribution in [0.2, 0.25) is 0 Å². The molecule has 5 rings (SSSR count). The zero-order valence-electron chi connectivity index (χ0n) is 15.8. The van der Waals surface area contributed by atoms with E-state index in [0.29, 0.717) is 11.8 Å². The first-order chi connectivity index (χ1) is 14.1. The van der Waals surface area contributed by atoms with Gasteiger partial charge in [0.1, 0.15) is 4.83 Å². The van der Waals surface area contributed by atoms with Gasteiger partial charge in [-0.25, -0.2) is 4.98 Å². The highest BCUT2D eigenvalue weighted by atomic mass is 32.1. The van der Waals surface area contributed by atoms with Gasteiger partial charge in [0.05, 0.1) is 18.3 Å². The lowest BCUT2D eigenvalue weighted by molar-refractivity contribution is 0.704. The van der Waals surface area contributed by atoms with Gasteiger partial charge in [0.25, 0.3) is 5.56 Å². The average Bonchev–Trinajstić information content (AvgIpc) is 3.27. The minimum absolute atomic E-state index is 0.0539. The van der Waals surface area contributed by atoms with Crippen molar-refractivity contribution >= 4 is 39.1 Å². The Morgan fingerprint density at radius 2 is 2.07 bits per heavy atom. The molecule has 0 saturated carbocycles. The van der Waals surface area contributed by atoms with Crippen LogP contribution in [0, 0.1) is 6.92 Å². The van der Waals surface area contributed by atoms with Crippen molar-refractivity contribution in [3.05, 3.63) is 62.8 Å². The van der Waals surface area contributed by atoms with Gasteiger partial charge >= 0.3 is 0 Å². The van der Waals surface area contributed by atoms with E-state index in [0.717, 1.165) is 46.3 Å². The summed E-state index contributed by atoms with van der Waals surface area (Å²) in [5.41, 5.74) is 8.94. The fraction of sp³-hybridized carbons (Fsp3) is 0.250. The van der Waals surface area contributed by atoms with Crippen LogP contribution in [0.1, 0.15) is 28.2 Å². The number of nitrogens with zero attached hydrogens (tertiary/aromatic N) is 5. The summed E-state index contributed by atoms with van der Waals surface area (Å²) in [5, 5.41) is 3.91. The molecule has 0 radical (unpaired) electrons. The third-order valence-electron chi connectivity index (χ3n) is 5.09. The van der Waals surface area contributed by atoms with Crippen LogP contribution in [0.3, 0.4) is 0 Å². The number of aryl methyl sites for hydroxylation is 3. The van der Waals surface area contributed by atoms with Crippen LogP contribution in [0.4, 0.5) is 17.6 Å². The monoisotopic (exact) mass is 405 g/mol. The number of rotatable bonds is 4. The SMILES string of the molecule is Cc1ccccc1Nc1nc(N)nc(Cn2cnc3sc4c(c3c2=O)CCC4)n1. The fourth-order valence-electron chi connectivity index (χ4n) is 3.68. The molecule has 3 aromatic heterocycles. The molecule has 8 nitrogen and oxygen atoms in total. The molecule has 4 aromatic rings. The summed E-state index contributed by atoms with van der Waals surface area (Å²) in [6.45, 7) is 2.18. The Hall–Kier alpha value is -3.33. The Morgan fingerprint density at radius 3 is 2.93 bits per heavy atom. The van der Waals surface area contributed by atoms with Gasteiger partial charge in [-0.1, -0.05) is 18.2 Å². The quantitative estimate of drug-likeness (QED) is 0.537. The molecule has 0 saturated heterocycles. The maximum atomic E-state index is 13.1. The Labute approximate surface area is 170 Å². The first-order valence-corrected chi connectivity index (χ1v) is 10.2. The summed E-state index contributed by atoms with van der Waals surface area (Å²) in [5.74, 6) is 0.855. The van der Waals surface area contributed by atoms with E-state index < -0.39 is 0 Å². The van der Waals surface area contributed by atoms with Crippen molar-refractivity contribution in [2.45, 2.75) is 32.7 Å². The van der Waals surface area contributed by atoms with Gasteiger partial charge in [-0.05, 0) is 43.4 Å². The molecule has 9 heteroatoms. The van der Waals surface area contributed by atoms with Gasteiger partial charge in [0, 0.05) is 10.6 Å². The zero-order valence-corrected chi connectivity index (χ0v) is 16.7. The zero-order chi connectivity index (χ0) is 20.0. The minimum atomic E-state index is -0.0539. The molecule has 0 bridgehead atoms. The highest BCUT2D eigenvalue weighted by Crippen LogP contribution is 2.34. The highest BCUT2D eigenvalue weighted by Gasteiger charge is 2.21. The first kappa shape index (κ1) is 17.7. The van der Waals surface area contributed by atoms with E-state index in [4.69, 9.17) is 5.73 Å². The number of aromatic nitrogens is 5. The van der Waals surface area contributed by atoms with E-state index in [1.807, 2.05) is 31.2 Å². The molecule has 0 amide bonds.